The van der Waals surface area contributed by atoms with Gasteiger partial charge in [-0.2, -0.15) is 0 Å². The second kappa shape index (κ2) is 0.980. The Kier molecular flexibility index (Phi) is 0.518. The van der Waals surface area contributed by atoms with Crippen molar-refractivity contribution in [2.24, 2.45) is 29.1 Å². The van der Waals surface area contributed by atoms with Crippen LogP contribution in [0.4, 0.5) is 0 Å². The number of hydrogen-bond donors (Lipinski definition) is 0. The van der Waals surface area contributed by atoms with Crippen LogP contribution in [0.3, 0.4) is 0 Å². The number of rotatable bonds is 1. The summed E-state index contributed by atoms with van der Waals surface area (Å²) in [5, 5.41) is 0. The molecule has 3 rings (SSSR count). The number of fused-ring (bicyclic) bond motifs is 3. The molecule has 50 valence electrons. The molecule has 0 heteroatoms. The zero-order chi connectivity index (χ0) is 6.22. The topological polar surface area (TPSA) is 0 Å². The standard InChI is InChI=1S/C9H14/c1-3-6-4-9(6)7-5(2)8(7)9/h5-8H,3-4H2,1-2H3. The minimum atomic E-state index is 0.994. The lowest BCUT2D eigenvalue weighted by Crippen LogP contribution is -1.98. The molecule has 3 aliphatic carbocycles. The van der Waals surface area contributed by atoms with Crippen molar-refractivity contribution in [3.05, 3.63) is 0 Å². The van der Waals surface area contributed by atoms with Crippen LogP contribution in [0, 0.1) is 29.1 Å². The van der Waals surface area contributed by atoms with Gasteiger partial charge in [-0.3, -0.25) is 0 Å². The monoisotopic (exact) mass is 122 g/mol. The normalized spacial score (nSPS) is 74.0. The van der Waals surface area contributed by atoms with Gasteiger partial charge in [0, 0.05) is 0 Å². The van der Waals surface area contributed by atoms with Crippen LogP contribution >= 0.6 is 0 Å². The molecule has 0 aromatic carbocycles. The third-order valence-electron chi connectivity index (χ3n) is 4.20. The summed E-state index contributed by atoms with van der Waals surface area (Å²) in [5.41, 5.74) is 0.994. The van der Waals surface area contributed by atoms with E-state index in [1.807, 2.05) is 0 Å². The molecule has 3 fully saturated rings. The van der Waals surface area contributed by atoms with Crippen LogP contribution in [0.2, 0.25) is 0 Å². The average Bonchev–Trinajstić information content (AvgIpc) is 2.65. The molecule has 0 aromatic heterocycles. The molecule has 0 aliphatic heterocycles. The highest BCUT2D eigenvalue weighted by molar-refractivity contribution is 5.36. The Morgan fingerprint density at radius 3 is 2.44 bits per heavy atom. The van der Waals surface area contributed by atoms with Crippen molar-refractivity contribution in [2.45, 2.75) is 26.7 Å². The van der Waals surface area contributed by atoms with E-state index in [9.17, 15) is 0 Å². The van der Waals surface area contributed by atoms with Gasteiger partial charge in [-0.25, -0.2) is 0 Å². The van der Waals surface area contributed by atoms with E-state index in [0.29, 0.717) is 0 Å². The molecule has 0 aromatic rings. The first-order valence-corrected chi connectivity index (χ1v) is 4.32. The van der Waals surface area contributed by atoms with Gasteiger partial charge in [0.05, 0.1) is 0 Å². The Morgan fingerprint density at radius 1 is 1.44 bits per heavy atom. The van der Waals surface area contributed by atoms with E-state index < -0.39 is 0 Å². The van der Waals surface area contributed by atoms with E-state index in [-0.39, 0.29) is 0 Å². The molecule has 9 heavy (non-hydrogen) atoms. The quantitative estimate of drug-likeness (QED) is 0.500. The lowest BCUT2D eigenvalue weighted by atomic mass is 10.0. The molecule has 3 aliphatic rings. The van der Waals surface area contributed by atoms with Crippen LogP contribution < -0.4 is 0 Å². The molecular weight excluding hydrogens is 108 g/mol. The van der Waals surface area contributed by atoms with Crippen molar-refractivity contribution in [2.75, 3.05) is 0 Å². The Labute approximate surface area is 56.6 Å². The molecular formula is C9H14. The first kappa shape index (κ1) is 4.76. The molecule has 0 bridgehead atoms. The Morgan fingerprint density at radius 2 is 2.11 bits per heavy atom. The summed E-state index contributed by atoms with van der Waals surface area (Å²) in [5.74, 6) is 4.76. The molecule has 0 nitrogen and oxygen atoms in total. The van der Waals surface area contributed by atoms with Gasteiger partial charge in [0.25, 0.3) is 0 Å². The van der Waals surface area contributed by atoms with E-state index in [4.69, 9.17) is 0 Å². The molecule has 0 amide bonds. The highest BCUT2D eigenvalue weighted by Gasteiger charge is 2.89. The Bertz CT molecular complexity index is 155. The van der Waals surface area contributed by atoms with E-state index in [0.717, 1.165) is 11.3 Å². The first-order valence-electron chi connectivity index (χ1n) is 4.32. The zero-order valence-corrected chi connectivity index (χ0v) is 6.22. The predicted octanol–water partition coefficient (Wildman–Crippen LogP) is 2.30. The van der Waals surface area contributed by atoms with Crippen LogP contribution in [0.25, 0.3) is 0 Å². The van der Waals surface area contributed by atoms with Crippen LogP contribution in [0.1, 0.15) is 26.7 Å². The molecule has 3 saturated carbocycles. The van der Waals surface area contributed by atoms with Gasteiger partial charge in [0.1, 0.15) is 0 Å². The highest BCUT2D eigenvalue weighted by Crippen LogP contribution is 2.94. The molecule has 0 heterocycles. The minimum Gasteiger partial charge on any atom is -0.0651 e. The summed E-state index contributed by atoms with van der Waals surface area (Å²) in [4.78, 5) is 0. The Balaban J connectivity index is 1.75. The fourth-order valence-electron chi connectivity index (χ4n) is 3.55. The smallest absolute Gasteiger partial charge is 0.0198 e. The fourth-order valence-corrected chi connectivity index (χ4v) is 3.55. The molecule has 3 unspecified atom stereocenters. The van der Waals surface area contributed by atoms with E-state index >= 15 is 0 Å². The minimum absolute atomic E-state index is 0.994. The van der Waals surface area contributed by atoms with Crippen LogP contribution in [-0.2, 0) is 0 Å². The molecule has 0 saturated heterocycles. The summed E-state index contributed by atoms with van der Waals surface area (Å²) in [6.45, 7) is 4.77. The van der Waals surface area contributed by atoms with Crippen LogP contribution in [0.15, 0.2) is 0 Å². The SMILES string of the molecule is CCC1CC12C1C(C)C12. The molecule has 0 N–H and O–H groups in total. The van der Waals surface area contributed by atoms with Crippen molar-refractivity contribution in [3.63, 3.8) is 0 Å². The molecule has 3 atom stereocenters. The third-order valence-corrected chi connectivity index (χ3v) is 4.20. The van der Waals surface area contributed by atoms with Crippen LogP contribution in [-0.4, -0.2) is 0 Å². The fraction of sp³-hybridized carbons (Fsp3) is 1.00. The predicted molar refractivity (Wildman–Crippen MR) is 37.0 cm³/mol. The van der Waals surface area contributed by atoms with Crippen molar-refractivity contribution in [1.29, 1.82) is 0 Å². The summed E-state index contributed by atoms with van der Waals surface area (Å²) < 4.78 is 0. The van der Waals surface area contributed by atoms with Gasteiger partial charge in [0.2, 0.25) is 0 Å². The summed E-state index contributed by atoms with van der Waals surface area (Å²) in [6.07, 6.45) is 3.06. The van der Waals surface area contributed by atoms with Crippen molar-refractivity contribution < 1.29 is 0 Å². The maximum absolute atomic E-state index is 2.42. The largest absolute Gasteiger partial charge is 0.0651 e. The zero-order valence-electron chi connectivity index (χ0n) is 6.22. The summed E-state index contributed by atoms with van der Waals surface area (Å²) >= 11 is 0. The van der Waals surface area contributed by atoms with Crippen molar-refractivity contribution >= 4 is 0 Å². The number of hydrogen-bond acceptors (Lipinski definition) is 0. The van der Waals surface area contributed by atoms with E-state index in [2.05, 4.69) is 13.8 Å². The summed E-state index contributed by atoms with van der Waals surface area (Å²) in [7, 11) is 0. The first-order chi connectivity index (χ1) is 4.32. The lowest BCUT2D eigenvalue weighted by Gasteiger charge is -2.03. The maximum atomic E-state index is 2.42. The summed E-state index contributed by atoms with van der Waals surface area (Å²) in [6, 6.07) is 0. The van der Waals surface area contributed by atoms with Gasteiger partial charge in [0.15, 0.2) is 0 Å². The van der Waals surface area contributed by atoms with Gasteiger partial charge in [-0.15, -0.1) is 0 Å². The second-order valence-electron chi connectivity index (χ2n) is 4.33. The highest BCUT2D eigenvalue weighted by atomic mass is 14.9. The van der Waals surface area contributed by atoms with Crippen molar-refractivity contribution in [3.8, 4) is 0 Å². The second-order valence-corrected chi connectivity index (χ2v) is 4.33. The Hall–Kier alpha value is 0. The van der Waals surface area contributed by atoms with E-state index in [1.165, 1.54) is 24.2 Å². The van der Waals surface area contributed by atoms with Gasteiger partial charge < -0.3 is 0 Å². The van der Waals surface area contributed by atoms with Gasteiger partial charge >= 0.3 is 0 Å². The van der Waals surface area contributed by atoms with Gasteiger partial charge in [-0.1, -0.05) is 20.3 Å². The lowest BCUT2D eigenvalue weighted by molar-refractivity contribution is 0.443. The maximum Gasteiger partial charge on any atom is -0.0198 e. The average molecular weight is 122 g/mol. The van der Waals surface area contributed by atoms with Crippen molar-refractivity contribution in [1.82, 2.24) is 0 Å². The van der Waals surface area contributed by atoms with Gasteiger partial charge in [-0.05, 0) is 35.5 Å². The molecule has 1 spiro atoms. The van der Waals surface area contributed by atoms with Crippen LogP contribution in [0.5, 0.6) is 0 Å². The molecule has 0 radical (unpaired) electrons. The van der Waals surface area contributed by atoms with E-state index in [1.54, 1.807) is 6.42 Å². The third kappa shape index (κ3) is 0.300.